The van der Waals surface area contributed by atoms with Crippen molar-refractivity contribution in [3.05, 3.63) is 58.7 Å². The van der Waals surface area contributed by atoms with Crippen molar-refractivity contribution in [2.45, 2.75) is 46.2 Å². The second kappa shape index (κ2) is 9.89. The van der Waals surface area contributed by atoms with E-state index in [9.17, 15) is 19.1 Å². The van der Waals surface area contributed by atoms with Gasteiger partial charge in [-0.3, -0.25) is 9.69 Å². The Hall–Kier alpha value is -2.67. The highest BCUT2D eigenvalue weighted by Crippen LogP contribution is 2.20. The number of hydrogen-bond donors (Lipinski definition) is 2. The van der Waals surface area contributed by atoms with E-state index in [-0.39, 0.29) is 23.7 Å². The number of carboxylic acid groups (broad SMARTS) is 1. The lowest BCUT2D eigenvalue weighted by atomic mass is 9.96. The van der Waals surface area contributed by atoms with E-state index in [1.165, 1.54) is 6.07 Å². The number of nitrogens with zero attached hydrogens (tertiary/aromatic N) is 2. The molecule has 1 fully saturated rings. The van der Waals surface area contributed by atoms with Crippen LogP contribution in [0.2, 0.25) is 0 Å². The van der Waals surface area contributed by atoms with E-state index in [2.05, 4.69) is 10.2 Å². The van der Waals surface area contributed by atoms with Crippen LogP contribution >= 0.6 is 0 Å². The van der Waals surface area contributed by atoms with E-state index >= 15 is 0 Å². The van der Waals surface area contributed by atoms with Crippen LogP contribution in [0.15, 0.2) is 30.5 Å². The van der Waals surface area contributed by atoms with Crippen LogP contribution in [-0.2, 0) is 24.3 Å². The number of nitrogens with one attached hydrogen (secondary N) is 1. The minimum atomic E-state index is -0.996. The average Bonchev–Trinajstić information content (AvgIpc) is 3.04. The molecule has 0 atom stereocenters. The Bertz CT molecular complexity index is 901. The van der Waals surface area contributed by atoms with Gasteiger partial charge in [-0.1, -0.05) is 18.2 Å². The number of piperidine rings is 1. The number of carboxylic acids is 1. The Labute approximate surface area is 176 Å². The van der Waals surface area contributed by atoms with Gasteiger partial charge >= 0.3 is 5.97 Å². The number of carbonyl (C=O) groups excluding carboxylic acids is 1. The summed E-state index contributed by atoms with van der Waals surface area (Å²) in [6, 6.07) is 6.86. The quantitative estimate of drug-likeness (QED) is 0.694. The van der Waals surface area contributed by atoms with Crippen LogP contribution < -0.4 is 5.32 Å². The average molecular weight is 416 g/mol. The van der Waals surface area contributed by atoms with Crippen LogP contribution in [0.1, 0.15) is 46.9 Å². The normalized spacial score (nSPS) is 15.3. The summed E-state index contributed by atoms with van der Waals surface area (Å²) in [5, 5.41) is 12.5. The lowest BCUT2D eigenvalue weighted by molar-refractivity contribution is -0.120. The van der Waals surface area contributed by atoms with Crippen molar-refractivity contribution in [3.63, 3.8) is 0 Å². The number of hydrogen-bond acceptors (Lipinski definition) is 3. The van der Waals surface area contributed by atoms with Crippen molar-refractivity contribution in [2.24, 2.45) is 5.92 Å². The number of aromatic nitrogens is 1. The first kappa shape index (κ1) is 22.0. The summed E-state index contributed by atoms with van der Waals surface area (Å²) in [5.41, 5.74) is 2.18. The number of aryl methyl sites for hydroxylation is 2. The molecule has 1 amide bonds. The maximum Gasteiger partial charge on any atom is 0.337 e. The van der Waals surface area contributed by atoms with Gasteiger partial charge in [-0.05, 0) is 57.3 Å². The minimum absolute atomic E-state index is 0.0649. The smallest absolute Gasteiger partial charge is 0.337 e. The van der Waals surface area contributed by atoms with Crippen LogP contribution in [0.4, 0.5) is 4.39 Å². The van der Waals surface area contributed by atoms with Gasteiger partial charge in [-0.15, -0.1) is 0 Å². The van der Waals surface area contributed by atoms with Crippen LogP contribution in [-0.4, -0.2) is 46.1 Å². The molecule has 1 saturated heterocycles. The molecule has 3 rings (SSSR count). The zero-order valence-electron chi connectivity index (χ0n) is 17.7. The first-order chi connectivity index (χ1) is 14.4. The molecule has 0 radical (unpaired) electrons. The largest absolute Gasteiger partial charge is 0.478 e. The van der Waals surface area contributed by atoms with Crippen LogP contribution in [0.5, 0.6) is 0 Å². The maximum atomic E-state index is 13.8. The number of amides is 1. The molecule has 1 aliphatic rings. The summed E-state index contributed by atoms with van der Waals surface area (Å²) in [4.78, 5) is 26.3. The van der Waals surface area contributed by atoms with Gasteiger partial charge in [-0.2, -0.15) is 0 Å². The summed E-state index contributed by atoms with van der Waals surface area (Å²) in [6.45, 7) is 7.24. The molecule has 0 aliphatic carbocycles. The third kappa shape index (κ3) is 5.27. The molecule has 2 aromatic rings. The lowest BCUT2D eigenvalue weighted by Crippen LogP contribution is -2.39. The van der Waals surface area contributed by atoms with Gasteiger partial charge in [0.1, 0.15) is 5.82 Å². The molecular weight excluding hydrogens is 385 g/mol. The molecule has 1 aliphatic heterocycles. The summed E-state index contributed by atoms with van der Waals surface area (Å²) < 4.78 is 15.7. The number of rotatable bonds is 8. The molecule has 2 N–H and O–H groups in total. The highest BCUT2D eigenvalue weighted by Gasteiger charge is 2.23. The number of likely N-dealkylation sites (tertiary alicyclic amines) is 1. The Morgan fingerprint density at radius 2 is 1.93 bits per heavy atom. The summed E-state index contributed by atoms with van der Waals surface area (Å²) in [7, 11) is 0. The lowest BCUT2D eigenvalue weighted by Gasteiger charge is -2.32. The molecule has 1 aromatic carbocycles. The molecule has 1 aromatic heterocycles. The predicted molar refractivity (Wildman–Crippen MR) is 113 cm³/mol. The standard InChI is InChI=1S/C23H30FN3O3/c1-3-27-14-16(2)22(23(29)30)20(27)12-21(28)25-13-17-8-10-26(11-9-17)15-18-6-4-5-7-19(18)24/h4-7,14,17H,3,8-13,15H2,1-2H3,(H,25,28)(H,29,30). The van der Waals surface area contributed by atoms with Crippen LogP contribution in [0.3, 0.4) is 0 Å². The van der Waals surface area contributed by atoms with Crippen molar-refractivity contribution >= 4 is 11.9 Å². The summed E-state index contributed by atoms with van der Waals surface area (Å²) in [5.74, 6) is -0.937. The van der Waals surface area contributed by atoms with Crippen molar-refractivity contribution < 1.29 is 19.1 Å². The van der Waals surface area contributed by atoms with E-state index in [1.807, 2.05) is 23.6 Å². The number of carbonyl (C=O) groups is 2. The molecule has 2 heterocycles. The first-order valence-corrected chi connectivity index (χ1v) is 10.5. The maximum absolute atomic E-state index is 13.8. The molecule has 6 nitrogen and oxygen atoms in total. The van der Waals surface area contributed by atoms with Gasteiger partial charge in [0.25, 0.3) is 0 Å². The fourth-order valence-electron chi connectivity index (χ4n) is 4.20. The van der Waals surface area contributed by atoms with Gasteiger partial charge in [-0.25, -0.2) is 9.18 Å². The van der Waals surface area contributed by atoms with E-state index in [1.54, 1.807) is 19.2 Å². The summed E-state index contributed by atoms with van der Waals surface area (Å²) in [6.07, 6.45) is 3.74. The Morgan fingerprint density at radius 1 is 1.23 bits per heavy atom. The van der Waals surface area contributed by atoms with Crippen molar-refractivity contribution in [3.8, 4) is 0 Å². The Balaban J connectivity index is 1.48. The van der Waals surface area contributed by atoms with E-state index < -0.39 is 5.97 Å². The highest BCUT2D eigenvalue weighted by molar-refractivity contribution is 5.93. The molecule has 30 heavy (non-hydrogen) atoms. The van der Waals surface area contributed by atoms with Crippen molar-refractivity contribution in [2.75, 3.05) is 19.6 Å². The topological polar surface area (TPSA) is 74.6 Å². The van der Waals surface area contributed by atoms with Crippen LogP contribution in [0, 0.1) is 18.7 Å². The highest BCUT2D eigenvalue weighted by atomic mass is 19.1. The van der Waals surface area contributed by atoms with Gasteiger partial charge in [0, 0.05) is 37.1 Å². The minimum Gasteiger partial charge on any atom is -0.478 e. The SMILES string of the molecule is CCn1cc(C)c(C(=O)O)c1CC(=O)NCC1CCN(Cc2ccccc2F)CC1. The Kier molecular flexibility index (Phi) is 7.26. The zero-order chi connectivity index (χ0) is 21.7. The number of benzene rings is 1. The van der Waals surface area contributed by atoms with Gasteiger partial charge in [0.05, 0.1) is 12.0 Å². The van der Waals surface area contributed by atoms with Crippen molar-refractivity contribution in [1.29, 1.82) is 0 Å². The predicted octanol–water partition coefficient (Wildman–Crippen LogP) is 3.22. The monoisotopic (exact) mass is 415 g/mol. The Morgan fingerprint density at radius 3 is 2.57 bits per heavy atom. The zero-order valence-corrected chi connectivity index (χ0v) is 17.7. The number of aromatic carboxylic acids is 1. The van der Waals surface area contributed by atoms with E-state index in [0.717, 1.165) is 25.9 Å². The molecule has 0 saturated carbocycles. The molecule has 162 valence electrons. The molecule has 0 unspecified atom stereocenters. The third-order valence-electron chi connectivity index (χ3n) is 5.91. The second-order valence-corrected chi connectivity index (χ2v) is 8.02. The van der Waals surface area contributed by atoms with Gasteiger partial charge in [0.2, 0.25) is 5.91 Å². The molecule has 7 heteroatoms. The van der Waals surface area contributed by atoms with Gasteiger partial charge in [0.15, 0.2) is 0 Å². The molecular formula is C23H30FN3O3. The summed E-state index contributed by atoms with van der Waals surface area (Å²) >= 11 is 0. The third-order valence-corrected chi connectivity index (χ3v) is 5.91. The fourth-order valence-corrected chi connectivity index (χ4v) is 4.20. The number of halogens is 1. The van der Waals surface area contributed by atoms with Crippen molar-refractivity contribution in [1.82, 2.24) is 14.8 Å². The van der Waals surface area contributed by atoms with Gasteiger partial charge < -0.3 is 15.0 Å². The first-order valence-electron chi connectivity index (χ1n) is 10.5. The van der Waals surface area contributed by atoms with Crippen LogP contribution in [0.25, 0.3) is 0 Å². The van der Waals surface area contributed by atoms with E-state index in [4.69, 9.17) is 0 Å². The second-order valence-electron chi connectivity index (χ2n) is 8.02. The molecule has 0 bridgehead atoms. The fraction of sp³-hybridized carbons (Fsp3) is 0.478. The van der Waals surface area contributed by atoms with E-state index in [0.29, 0.717) is 42.4 Å². The molecule has 0 spiro atoms.